The van der Waals surface area contributed by atoms with E-state index >= 15 is 0 Å². The zero-order chi connectivity index (χ0) is 35.7. The van der Waals surface area contributed by atoms with E-state index in [0.717, 1.165) is 11.0 Å². The molecule has 0 aliphatic carbocycles. The molecule has 48 heavy (non-hydrogen) atoms. The molecule has 4 aromatic rings. The molecular weight excluding hydrogens is 648 g/mol. The first kappa shape index (κ1) is 36.8. The topological polar surface area (TPSA) is 43.4 Å². The van der Waals surface area contributed by atoms with Crippen molar-refractivity contribution in [3.8, 4) is 0 Å². The van der Waals surface area contributed by atoms with Crippen molar-refractivity contribution in [2.75, 3.05) is 35.8 Å². The molecule has 1 aromatic heterocycles. The summed E-state index contributed by atoms with van der Waals surface area (Å²) in [6.45, 7) is 8.48. The number of aryl methyl sites for hydroxylation is 1. The lowest BCUT2D eigenvalue weighted by molar-refractivity contribution is -0.136. The van der Waals surface area contributed by atoms with Crippen LogP contribution in [0.5, 0.6) is 0 Å². The lowest BCUT2D eigenvalue weighted by Gasteiger charge is -2.41. The van der Waals surface area contributed by atoms with E-state index in [0.29, 0.717) is 11.1 Å². The molecule has 0 saturated carbocycles. The molecule has 1 atom stereocenters. The van der Waals surface area contributed by atoms with Crippen LogP contribution in [0, 0.1) is 12.7 Å². The molecule has 1 heterocycles. The third-order valence-electron chi connectivity index (χ3n) is 7.66. The monoisotopic (exact) mass is 677 g/mol. The van der Waals surface area contributed by atoms with Gasteiger partial charge in [0.2, 0.25) is 0 Å². The summed E-state index contributed by atoms with van der Waals surface area (Å²) in [5.41, 5.74) is 0.596. The fourth-order valence-electron chi connectivity index (χ4n) is 5.69. The highest BCUT2D eigenvalue weighted by molar-refractivity contribution is 6.61. The van der Waals surface area contributed by atoms with E-state index in [-0.39, 0.29) is 49.8 Å². The maximum Gasteiger partial charge on any atom is 0.417 e. The van der Waals surface area contributed by atoms with E-state index in [1.54, 1.807) is 7.05 Å². The number of benzene rings is 3. The van der Waals surface area contributed by atoms with Crippen molar-refractivity contribution in [2.45, 2.75) is 30.8 Å². The molecule has 0 bridgehead atoms. The summed E-state index contributed by atoms with van der Waals surface area (Å²) < 4.78 is 84.6. The lowest BCUT2D eigenvalue weighted by atomic mass is 9.48. The second-order valence-electron chi connectivity index (χ2n) is 11.1. The van der Waals surface area contributed by atoms with Crippen molar-refractivity contribution in [1.82, 2.24) is 10.3 Å². The van der Waals surface area contributed by atoms with Crippen molar-refractivity contribution in [1.29, 1.82) is 0 Å². The molecule has 244 valence electrons. The van der Waals surface area contributed by atoms with Gasteiger partial charge in [-0.2, -0.15) is 13.2 Å². The molecule has 1 unspecified atom stereocenters. The van der Waals surface area contributed by atoms with Gasteiger partial charge in [0.05, 0.1) is 53.1 Å². The van der Waals surface area contributed by atoms with Crippen LogP contribution in [0.4, 0.5) is 49.2 Å². The van der Waals surface area contributed by atoms with E-state index in [4.69, 9.17) is 35.1 Å². The predicted molar refractivity (Wildman–Crippen MR) is 186 cm³/mol. The first-order valence-corrected chi connectivity index (χ1v) is 14.8. The molecule has 5 nitrogen and oxygen atoms in total. The van der Waals surface area contributed by atoms with Gasteiger partial charge in [0.1, 0.15) is 11.6 Å². The normalized spacial score (nSPS) is 12.6. The van der Waals surface area contributed by atoms with Gasteiger partial charge in [-0.1, -0.05) is 36.1 Å². The minimum absolute atomic E-state index is 0.0137. The third-order valence-corrected chi connectivity index (χ3v) is 8.00. The number of hydrogen-bond acceptors (Lipinski definition) is 5. The predicted octanol–water partition coefficient (Wildman–Crippen LogP) is 7.82. The van der Waals surface area contributed by atoms with Crippen LogP contribution in [0.3, 0.4) is 0 Å². The number of alkyl halides is 5. The first-order chi connectivity index (χ1) is 22.4. The Hall–Kier alpha value is -4.03. The standard InChI is InChI=1S/C33H29B3ClF6N5/c1-6-19-28(29(44-4)22-14-18(38)8-9-24(22)37)25(15-26(47(5)16-27(39)40)30(19)48(7-2)33(34,35)36)46-31-21-12-17(3)13-23(32(41,42)43)20(21)10-11-45-31/h6-15,27,29,44H,1-2,16H2,3-5H3,(H,45,46). The minimum Gasteiger partial charge on any atom is -0.367 e. The minimum atomic E-state index is -4.67. The molecule has 3 aromatic carbocycles. The van der Waals surface area contributed by atoms with Crippen LogP contribution in [0.15, 0.2) is 68.0 Å². The average Bonchev–Trinajstić information content (AvgIpc) is 2.98. The molecule has 4 rings (SSSR count). The Bertz CT molecular complexity index is 1850. The van der Waals surface area contributed by atoms with Gasteiger partial charge >= 0.3 is 6.18 Å². The first-order valence-electron chi connectivity index (χ1n) is 14.4. The van der Waals surface area contributed by atoms with Gasteiger partial charge in [-0.15, -0.1) is 0 Å². The van der Waals surface area contributed by atoms with E-state index in [1.165, 1.54) is 73.7 Å². The highest BCUT2D eigenvalue weighted by Gasteiger charge is 2.34. The van der Waals surface area contributed by atoms with Crippen molar-refractivity contribution in [3.05, 3.63) is 107 Å². The number of nitrogens with one attached hydrogen (secondary N) is 2. The zero-order valence-corrected chi connectivity index (χ0v) is 27.0. The lowest BCUT2D eigenvalue weighted by Crippen LogP contribution is -2.48. The highest BCUT2D eigenvalue weighted by Crippen LogP contribution is 2.47. The van der Waals surface area contributed by atoms with Crippen LogP contribution >= 0.6 is 11.6 Å². The summed E-state index contributed by atoms with van der Waals surface area (Å²) in [7, 11) is 21.3. The van der Waals surface area contributed by atoms with Gasteiger partial charge in [0, 0.05) is 40.5 Å². The summed E-state index contributed by atoms with van der Waals surface area (Å²) in [6, 6.07) is 8.06. The Morgan fingerprint density at radius 1 is 1.04 bits per heavy atom. The van der Waals surface area contributed by atoms with E-state index < -0.39 is 41.8 Å². The van der Waals surface area contributed by atoms with Gasteiger partial charge < -0.3 is 20.4 Å². The molecule has 0 amide bonds. The molecule has 15 heteroatoms. The van der Waals surface area contributed by atoms with E-state index in [1.807, 2.05) is 0 Å². The Kier molecular flexibility index (Phi) is 10.9. The van der Waals surface area contributed by atoms with Gasteiger partial charge in [0.25, 0.3) is 6.43 Å². The van der Waals surface area contributed by atoms with Gasteiger partial charge in [0.15, 0.2) is 0 Å². The van der Waals surface area contributed by atoms with Crippen LogP contribution in [0.1, 0.15) is 33.9 Å². The van der Waals surface area contributed by atoms with Crippen LogP contribution in [0.2, 0.25) is 5.02 Å². The van der Waals surface area contributed by atoms with Crippen LogP contribution < -0.4 is 20.4 Å². The molecule has 0 spiro atoms. The molecule has 0 saturated heterocycles. The number of fused-ring (bicyclic) bond motifs is 1. The fourth-order valence-corrected chi connectivity index (χ4v) is 5.92. The second kappa shape index (κ2) is 14.2. The number of aromatic nitrogens is 1. The molecule has 0 fully saturated rings. The summed E-state index contributed by atoms with van der Waals surface area (Å²) in [4.78, 5) is 6.73. The molecule has 0 aliphatic heterocycles. The van der Waals surface area contributed by atoms with Crippen molar-refractivity contribution in [3.63, 3.8) is 0 Å². The largest absolute Gasteiger partial charge is 0.417 e. The third kappa shape index (κ3) is 7.49. The molecule has 6 radical (unpaired) electrons. The number of hydrogen-bond donors (Lipinski definition) is 2. The smallest absolute Gasteiger partial charge is 0.367 e. The molecular formula is C33H29B3ClF6N5. The number of pyridine rings is 1. The Morgan fingerprint density at radius 3 is 2.29 bits per heavy atom. The Balaban J connectivity index is 2.18. The Morgan fingerprint density at radius 2 is 1.73 bits per heavy atom. The average molecular weight is 678 g/mol. The molecule has 0 aliphatic rings. The number of anilines is 4. The van der Waals surface area contributed by atoms with Crippen molar-refractivity contribution < 1.29 is 26.3 Å². The maximum atomic E-state index is 14.7. The number of nitrogens with zero attached hydrogens (tertiary/aromatic N) is 3. The Labute approximate surface area is 284 Å². The quantitative estimate of drug-likeness (QED) is 0.118. The highest BCUT2D eigenvalue weighted by atomic mass is 35.5. The fraction of sp³-hybridized carbons (Fsp3) is 0.242. The van der Waals surface area contributed by atoms with Crippen molar-refractivity contribution in [2.24, 2.45) is 0 Å². The van der Waals surface area contributed by atoms with E-state index in [9.17, 15) is 26.3 Å². The SMILES string of the molecule is [B]C([B])([B])N(C=C)c1c(N(C)CC(F)F)cc(Nc2nccc3c(C(F)(F)F)cc(C)cc23)c(C(NC)c2cc(F)ccc2Cl)c1C=C. The summed E-state index contributed by atoms with van der Waals surface area (Å²) in [6.07, 6.45) is -3.66. The van der Waals surface area contributed by atoms with Gasteiger partial charge in [-0.05, 0) is 79.1 Å². The maximum absolute atomic E-state index is 14.7. The van der Waals surface area contributed by atoms with Gasteiger partial charge in [-0.25, -0.2) is 18.2 Å². The van der Waals surface area contributed by atoms with E-state index in [2.05, 4.69) is 28.8 Å². The number of rotatable bonds is 12. The summed E-state index contributed by atoms with van der Waals surface area (Å²) in [5, 5.41) is 4.29. The summed E-state index contributed by atoms with van der Waals surface area (Å²) in [5.74, 6) is -0.596. The van der Waals surface area contributed by atoms with Gasteiger partial charge in [-0.3, -0.25) is 0 Å². The van der Waals surface area contributed by atoms with Crippen LogP contribution in [0.25, 0.3) is 16.8 Å². The van der Waals surface area contributed by atoms with Crippen LogP contribution in [-0.4, -0.2) is 60.8 Å². The van der Waals surface area contributed by atoms with Crippen molar-refractivity contribution >= 4 is 74.9 Å². The summed E-state index contributed by atoms with van der Waals surface area (Å²) >= 11 is 6.57. The van der Waals surface area contributed by atoms with Crippen LogP contribution in [-0.2, 0) is 6.18 Å². The second-order valence-corrected chi connectivity index (χ2v) is 11.5. The number of halogens is 7. The molecule has 2 N–H and O–H groups in total. The zero-order valence-electron chi connectivity index (χ0n) is 26.3.